The van der Waals surface area contributed by atoms with E-state index in [0.29, 0.717) is 48.6 Å². The first-order valence-corrected chi connectivity index (χ1v) is 10.5. The fourth-order valence-corrected chi connectivity index (χ4v) is 3.60. The van der Waals surface area contributed by atoms with Gasteiger partial charge in [0.2, 0.25) is 11.6 Å². The maximum absolute atomic E-state index is 12.9. The number of hydrogen-bond acceptors (Lipinski definition) is 12. The van der Waals surface area contributed by atoms with E-state index in [2.05, 4.69) is 56.6 Å². The van der Waals surface area contributed by atoms with Crippen LogP contribution in [-0.2, 0) is 11.3 Å². The summed E-state index contributed by atoms with van der Waals surface area (Å²) in [6, 6.07) is 3.18. The molecule has 0 radical (unpaired) electrons. The zero-order valence-electron chi connectivity index (χ0n) is 17.4. The molecule has 0 spiro atoms. The van der Waals surface area contributed by atoms with Gasteiger partial charge in [0.1, 0.15) is 0 Å². The summed E-state index contributed by atoms with van der Waals surface area (Å²) in [4.78, 5) is 14.9. The Kier molecular flexibility index (Phi) is 6.81. The lowest BCUT2D eigenvalue weighted by Gasteiger charge is -2.26. The van der Waals surface area contributed by atoms with Crippen LogP contribution in [0.1, 0.15) is 21.7 Å². The van der Waals surface area contributed by atoms with Crippen LogP contribution in [0, 0.1) is 0 Å². The summed E-state index contributed by atoms with van der Waals surface area (Å²) >= 11 is 3.24. The first-order valence-electron chi connectivity index (χ1n) is 9.71. The number of benzene rings is 1. The summed E-state index contributed by atoms with van der Waals surface area (Å²) in [6.45, 7) is 2.85. The number of halogens is 1. The van der Waals surface area contributed by atoms with E-state index in [-0.39, 0.29) is 28.8 Å². The minimum absolute atomic E-state index is 0.0139. The van der Waals surface area contributed by atoms with Crippen LogP contribution in [0.2, 0.25) is 0 Å². The van der Waals surface area contributed by atoms with Crippen molar-refractivity contribution in [2.45, 2.75) is 6.54 Å². The molecular formula is C18H20BrN9O5. The molecule has 0 unspecified atom stereocenters. The number of nitrogens with two attached hydrogens (primary N) is 1. The molecule has 14 nitrogen and oxygen atoms in total. The topological polar surface area (TPSA) is 179 Å². The van der Waals surface area contributed by atoms with E-state index >= 15 is 0 Å². The SMILES string of the molecule is COc1cc(/C=N\NC(=O)c2nnn(-c3nonc3N)c2CN2CCOCC2)cc(Br)c1O. The number of morpholine rings is 1. The second-order valence-electron chi connectivity index (χ2n) is 6.91. The van der Waals surface area contributed by atoms with Crippen molar-refractivity contribution in [3.8, 4) is 17.3 Å². The van der Waals surface area contributed by atoms with Gasteiger partial charge in [0, 0.05) is 19.6 Å². The van der Waals surface area contributed by atoms with Crippen LogP contribution in [0.5, 0.6) is 11.5 Å². The maximum atomic E-state index is 12.9. The van der Waals surface area contributed by atoms with Crippen LogP contribution < -0.4 is 15.9 Å². The Morgan fingerprint density at radius 1 is 1.39 bits per heavy atom. The lowest BCUT2D eigenvalue weighted by atomic mass is 10.2. The quantitative estimate of drug-likeness (QED) is 0.287. The van der Waals surface area contributed by atoms with E-state index in [1.165, 1.54) is 18.0 Å². The number of nitrogen functional groups attached to an aromatic ring is 1. The van der Waals surface area contributed by atoms with Gasteiger partial charge in [-0.1, -0.05) is 5.21 Å². The van der Waals surface area contributed by atoms with Crippen LogP contribution in [0.15, 0.2) is 26.3 Å². The van der Waals surface area contributed by atoms with Gasteiger partial charge in [-0.2, -0.15) is 9.78 Å². The van der Waals surface area contributed by atoms with Crippen molar-refractivity contribution in [3.05, 3.63) is 33.6 Å². The van der Waals surface area contributed by atoms with Crippen molar-refractivity contribution in [1.29, 1.82) is 0 Å². The Balaban J connectivity index is 1.57. The largest absolute Gasteiger partial charge is 0.503 e. The smallest absolute Gasteiger partial charge is 0.293 e. The average molecular weight is 522 g/mol. The van der Waals surface area contributed by atoms with Crippen molar-refractivity contribution in [2.75, 3.05) is 39.1 Å². The molecule has 3 aromatic rings. The van der Waals surface area contributed by atoms with Gasteiger partial charge in [-0.05, 0) is 43.9 Å². The number of rotatable bonds is 7. The van der Waals surface area contributed by atoms with Crippen LogP contribution in [-0.4, -0.2) is 80.8 Å². The van der Waals surface area contributed by atoms with Gasteiger partial charge < -0.3 is 20.3 Å². The highest BCUT2D eigenvalue weighted by Gasteiger charge is 2.26. The number of phenolic OH excluding ortho intramolecular Hbond substituents is 1. The number of carbonyl (C=O) groups excluding carboxylic acids is 1. The first kappa shape index (κ1) is 22.6. The predicted octanol–water partition coefficient (Wildman–Crippen LogP) is 0.305. The number of ether oxygens (including phenoxy) is 2. The Morgan fingerprint density at radius 3 is 2.88 bits per heavy atom. The molecule has 1 aliphatic rings. The van der Waals surface area contributed by atoms with Crippen molar-refractivity contribution in [2.24, 2.45) is 5.10 Å². The standard InChI is InChI=1S/C18H20BrN9O5/c1-31-13-7-10(6-11(19)15(13)29)8-21-23-18(30)14-12(9-27-2-4-32-5-3-27)28(26-22-14)17-16(20)24-33-25-17/h6-8,29H,2-5,9H2,1H3,(H2,20,24)(H,23,30)/b21-8-. The van der Waals surface area contributed by atoms with E-state index in [4.69, 9.17) is 15.2 Å². The van der Waals surface area contributed by atoms with E-state index < -0.39 is 5.91 Å². The lowest BCUT2D eigenvalue weighted by Crippen LogP contribution is -2.37. The molecule has 15 heteroatoms. The van der Waals surface area contributed by atoms with Gasteiger partial charge >= 0.3 is 0 Å². The lowest BCUT2D eigenvalue weighted by molar-refractivity contribution is 0.0332. The molecule has 1 aliphatic heterocycles. The number of hydrogen-bond donors (Lipinski definition) is 3. The summed E-state index contributed by atoms with van der Waals surface area (Å²) < 4.78 is 16.9. The molecule has 174 valence electrons. The van der Waals surface area contributed by atoms with Gasteiger partial charge in [-0.25, -0.2) is 10.1 Å². The number of carbonyl (C=O) groups is 1. The number of nitrogens with one attached hydrogen (secondary N) is 1. The number of nitrogens with zero attached hydrogens (tertiary/aromatic N) is 7. The third-order valence-corrected chi connectivity index (χ3v) is 5.41. The third-order valence-electron chi connectivity index (χ3n) is 4.80. The summed E-state index contributed by atoms with van der Waals surface area (Å²) in [7, 11) is 1.43. The molecule has 0 aliphatic carbocycles. The van der Waals surface area contributed by atoms with Crippen molar-refractivity contribution in [3.63, 3.8) is 0 Å². The summed E-state index contributed by atoms with van der Waals surface area (Å²) in [6.07, 6.45) is 1.40. The van der Waals surface area contributed by atoms with E-state index in [9.17, 15) is 9.90 Å². The fraction of sp³-hybridized carbons (Fsp3) is 0.333. The number of amides is 1. The molecule has 33 heavy (non-hydrogen) atoms. The Bertz CT molecular complexity index is 1170. The molecule has 0 atom stereocenters. The van der Waals surface area contributed by atoms with Gasteiger partial charge in [-0.15, -0.1) is 5.10 Å². The highest BCUT2D eigenvalue weighted by atomic mass is 79.9. The van der Waals surface area contributed by atoms with Crippen LogP contribution >= 0.6 is 15.9 Å². The highest BCUT2D eigenvalue weighted by molar-refractivity contribution is 9.10. The Morgan fingerprint density at radius 2 is 2.18 bits per heavy atom. The number of aromatic nitrogens is 5. The zero-order chi connectivity index (χ0) is 23.4. The zero-order valence-corrected chi connectivity index (χ0v) is 19.0. The molecule has 1 fully saturated rings. The number of anilines is 1. The van der Waals surface area contributed by atoms with Crippen LogP contribution in [0.25, 0.3) is 5.82 Å². The van der Waals surface area contributed by atoms with Crippen LogP contribution in [0.4, 0.5) is 5.82 Å². The molecule has 2 aromatic heterocycles. The van der Waals surface area contributed by atoms with Gasteiger partial charge in [0.25, 0.3) is 5.91 Å². The first-order chi connectivity index (χ1) is 16.0. The Hall–Kier alpha value is -3.56. The molecule has 0 saturated carbocycles. The Labute approximate surface area is 195 Å². The number of aromatic hydroxyl groups is 1. The van der Waals surface area contributed by atoms with E-state index in [1.54, 1.807) is 12.1 Å². The fourth-order valence-electron chi connectivity index (χ4n) is 3.14. The summed E-state index contributed by atoms with van der Waals surface area (Å²) in [5.41, 5.74) is 9.31. The minimum Gasteiger partial charge on any atom is -0.503 e. The second kappa shape index (κ2) is 9.93. The van der Waals surface area contributed by atoms with Crippen LogP contribution in [0.3, 0.4) is 0 Å². The predicted molar refractivity (Wildman–Crippen MR) is 117 cm³/mol. The molecule has 3 heterocycles. The molecule has 1 aromatic carbocycles. The number of hydrazone groups is 1. The number of phenols is 1. The summed E-state index contributed by atoms with van der Waals surface area (Å²) in [5.74, 6) is -0.216. The van der Waals surface area contributed by atoms with Gasteiger partial charge in [0.15, 0.2) is 17.2 Å². The van der Waals surface area contributed by atoms with Crippen molar-refractivity contribution in [1.82, 2.24) is 35.6 Å². The molecule has 1 amide bonds. The molecule has 1 saturated heterocycles. The van der Waals surface area contributed by atoms with Crippen molar-refractivity contribution < 1.29 is 24.0 Å². The minimum atomic E-state index is -0.583. The van der Waals surface area contributed by atoms with E-state index in [1.807, 2.05) is 0 Å². The van der Waals surface area contributed by atoms with E-state index in [0.717, 1.165) is 0 Å². The maximum Gasteiger partial charge on any atom is 0.293 e. The number of methoxy groups -OCH3 is 1. The van der Waals surface area contributed by atoms with Gasteiger partial charge in [0.05, 0.1) is 36.7 Å². The van der Waals surface area contributed by atoms with Gasteiger partial charge in [-0.3, -0.25) is 9.69 Å². The second-order valence-corrected chi connectivity index (χ2v) is 7.77. The highest BCUT2D eigenvalue weighted by Crippen LogP contribution is 2.34. The molecule has 4 N–H and O–H groups in total. The average Bonchev–Trinajstić information content (AvgIpc) is 3.42. The summed E-state index contributed by atoms with van der Waals surface area (Å²) in [5, 5.41) is 29.2. The monoisotopic (exact) mass is 521 g/mol. The van der Waals surface area contributed by atoms with Crippen molar-refractivity contribution >= 4 is 33.9 Å². The normalized spacial score (nSPS) is 14.6. The third kappa shape index (κ3) is 4.94. The molecule has 0 bridgehead atoms. The molecule has 4 rings (SSSR count). The molecular weight excluding hydrogens is 502 g/mol.